The molecule has 0 amide bonds. The van der Waals surface area contributed by atoms with Crippen LogP contribution in [0.2, 0.25) is 10.0 Å². The maximum atomic E-state index is 6.42. The number of hydrogen-bond donors (Lipinski definition) is 1. The first-order chi connectivity index (χ1) is 11.6. The van der Waals surface area contributed by atoms with Gasteiger partial charge in [0.15, 0.2) is 0 Å². The lowest BCUT2D eigenvalue weighted by atomic mass is 10.1. The molecule has 0 bridgehead atoms. The fourth-order valence-corrected chi connectivity index (χ4v) is 3.59. The number of nitrogens with one attached hydrogen (secondary N) is 1. The van der Waals surface area contributed by atoms with Crippen LogP contribution < -0.4 is 5.32 Å². The van der Waals surface area contributed by atoms with Gasteiger partial charge in [0, 0.05) is 22.7 Å². The molecular weight excluding hydrogens is 341 g/mol. The lowest BCUT2D eigenvalue weighted by Gasteiger charge is -2.11. The highest BCUT2D eigenvalue weighted by atomic mass is 35.5. The molecule has 0 unspecified atom stereocenters. The average Bonchev–Trinajstić information content (AvgIpc) is 3.15. The van der Waals surface area contributed by atoms with Crippen molar-refractivity contribution in [1.29, 1.82) is 0 Å². The predicted molar refractivity (Wildman–Crippen MR) is 101 cm³/mol. The average molecular weight is 358 g/mol. The van der Waals surface area contributed by atoms with Crippen LogP contribution in [0.1, 0.15) is 16.7 Å². The van der Waals surface area contributed by atoms with Crippen LogP contribution in [0.25, 0.3) is 16.9 Å². The van der Waals surface area contributed by atoms with Crippen molar-refractivity contribution >= 4 is 29.0 Å². The second kappa shape index (κ2) is 5.83. The second-order valence-electron chi connectivity index (χ2n) is 6.11. The molecule has 122 valence electrons. The number of benzene rings is 2. The van der Waals surface area contributed by atoms with Gasteiger partial charge in [-0.25, -0.2) is 4.68 Å². The summed E-state index contributed by atoms with van der Waals surface area (Å²) in [6.45, 7) is 5.15. The molecule has 1 aliphatic heterocycles. The molecule has 2 aromatic carbocycles. The molecule has 3 nitrogen and oxygen atoms in total. The number of hydrogen-bond acceptors (Lipinski definition) is 2. The summed E-state index contributed by atoms with van der Waals surface area (Å²) < 4.78 is 2.00. The molecule has 0 radical (unpaired) electrons. The molecule has 5 heteroatoms. The van der Waals surface area contributed by atoms with E-state index in [9.17, 15) is 0 Å². The minimum absolute atomic E-state index is 0.662. The maximum Gasteiger partial charge on any atom is 0.133 e. The molecule has 1 N–H and O–H groups in total. The van der Waals surface area contributed by atoms with Crippen molar-refractivity contribution in [2.75, 3.05) is 11.9 Å². The van der Waals surface area contributed by atoms with Gasteiger partial charge in [-0.05, 0) is 55.7 Å². The molecule has 24 heavy (non-hydrogen) atoms. The smallest absolute Gasteiger partial charge is 0.133 e. The molecule has 0 saturated heterocycles. The molecule has 1 aromatic heterocycles. The minimum atomic E-state index is 0.662. The Morgan fingerprint density at radius 3 is 2.79 bits per heavy atom. The maximum absolute atomic E-state index is 6.42. The molecule has 0 saturated carbocycles. The molecular formula is C19H17Cl2N3. The zero-order valence-electron chi connectivity index (χ0n) is 13.5. The summed E-state index contributed by atoms with van der Waals surface area (Å²) in [4.78, 5) is 0. The normalized spacial score (nSPS) is 13.0. The first-order valence-electron chi connectivity index (χ1n) is 7.94. The van der Waals surface area contributed by atoms with E-state index in [0.29, 0.717) is 10.0 Å². The zero-order chi connectivity index (χ0) is 16.8. The Morgan fingerprint density at radius 1 is 1.12 bits per heavy atom. The zero-order valence-corrected chi connectivity index (χ0v) is 15.0. The van der Waals surface area contributed by atoms with Crippen molar-refractivity contribution in [1.82, 2.24) is 9.78 Å². The molecule has 4 rings (SSSR count). The van der Waals surface area contributed by atoms with E-state index in [-0.39, 0.29) is 0 Å². The highest BCUT2D eigenvalue weighted by molar-refractivity contribution is 6.35. The molecule has 3 aromatic rings. The monoisotopic (exact) mass is 357 g/mol. The third-order valence-corrected chi connectivity index (χ3v) is 5.20. The van der Waals surface area contributed by atoms with E-state index >= 15 is 0 Å². The van der Waals surface area contributed by atoms with Crippen LogP contribution in [0.15, 0.2) is 36.4 Å². The molecule has 0 spiro atoms. The van der Waals surface area contributed by atoms with E-state index in [2.05, 4.69) is 37.4 Å². The van der Waals surface area contributed by atoms with Crippen LogP contribution in [0.5, 0.6) is 0 Å². The van der Waals surface area contributed by atoms with Crippen molar-refractivity contribution in [3.8, 4) is 16.9 Å². The third kappa shape index (κ3) is 2.40. The first-order valence-corrected chi connectivity index (χ1v) is 8.69. The van der Waals surface area contributed by atoms with Crippen molar-refractivity contribution in [2.45, 2.75) is 20.3 Å². The summed E-state index contributed by atoms with van der Waals surface area (Å²) >= 11 is 12.6. The van der Waals surface area contributed by atoms with Gasteiger partial charge in [0.25, 0.3) is 0 Å². The molecule has 0 atom stereocenters. The minimum Gasteiger partial charge on any atom is -0.369 e. The fraction of sp³-hybridized carbons (Fsp3) is 0.211. The van der Waals surface area contributed by atoms with Crippen LogP contribution in [-0.4, -0.2) is 16.3 Å². The van der Waals surface area contributed by atoms with Gasteiger partial charge in [-0.3, -0.25) is 0 Å². The number of fused-ring (bicyclic) bond motifs is 1. The van der Waals surface area contributed by atoms with Crippen molar-refractivity contribution in [3.63, 3.8) is 0 Å². The highest BCUT2D eigenvalue weighted by Crippen LogP contribution is 2.39. The molecule has 0 fully saturated rings. The Labute approximate surface area is 151 Å². The van der Waals surface area contributed by atoms with Gasteiger partial charge in [-0.1, -0.05) is 35.3 Å². The topological polar surface area (TPSA) is 29.9 Å². The quantitative estimate of drug-likeness (QED) is 0.662. The SMILES string of the molecule is Cc1cccc(-n2nc(-c3cc(Cl)ccc3Cl)c3c2NCC3)c1C. The number of halogens is 2. The Hall–Kier alpha value is -1.97. The Bertz CT molecular complexity index is 920. The first kappa shape index (κ1) is 15.6. The summed E-state index contributed by atoms with van der Waals surface area (Å²) in [5.41, 5.74) is 6.54. The predicted octanol–water partition coefficient (Wildman–Crippen LogP) is 5.43. The Balaban J connectivity index is 1.96. The summed E-state index contributed by atoms with van der Waals surface area (Å²) in [7, 11) is 0. The summed E-state index contributed by atoms with van der Waals surface area (Å²) in [6, 6.07) is 11.8. The lowest BCUT2D eigenvalue weighted by Crippen LogP contribution is -2.06. The summed E-state index contributed by atoms with van der Waals surface area (Å²) in [6.07, 6.45) is 0.929. The Morgan fingerprint density at radius 2 is 1.96 bits per heavy atom. The number of nitrogens with zero attached hydrogens (tertiary/aromatic N) is 2. The van der Waals surface area contributed by atoms with Crippen LogP contribution in [0.4, 0.5) is 5.82 Å². The number of aromatic nitrogens is 2. The second-order valence-corrected chi connectivity index (χ2v) is 6.95. The Kier molecular flexibility index (Phi) is 3.78. The lowest BCUT2D eigenvalue weighted by molar-refractivity contribution is 0.873. The molecule has 0 aliphatic carbocycles. The van der Waals surface area contributed by atoms with Crippen molar-refractivity contribution < 1.29 is 0 Å². The van der Waals surface area contributed by atoms with Gasteiger partial charge in [-0.2, -0.15) is 5.10 Å². The van der Waals surface area contributed by atoms with Gasteiger partial charge in [0.1, 0.15) is 5.82 Å². The van der Waals surface area contributed by atoms with Gasteiger partial charge in [0.05, 0.1) is 16.4 Å². The standard InChI is InChI=1S/C19H17Cl2N3/c1-11-4-3-5-17(12(11)2)24-19-14(8-9-22-19)18(23-24)15-10-13(20)6-7-16(15)21/h3-7,10,22H,8-9H2,1-2H3. The summed E-state index contributed by atoms with van der Waals surface area (Å²) in [5, 5.41) is 9.68. The third-order valence-electron chi connectivity index (χ3n) is 4.64. The van der Waals surface area contributed by atoms with Crippen LogP contribution >= 0.6 is 23.2 Å². The van der Waals surface area contributed by atoms with E-state index in [1.165, 1.54) is 16.7 Å². The van der Waals surface area contributed by atoms with Gasteiger partial charge >= 0.3 is 0 Å². The molecule has 1 aliphatic rings. The van der Waals surface area contributed by atoms with E-state index in [1.54, 1.807) is 6.07 Å². The van der Waals surface area contributed by atoms with Crippen LogP contribution in [-0.2, 0) is 6.42 Å². The fourth-order valence-electron chi connectivity index (χ4n) is 3.21. The van der Waals surface area contributed by atoms with E-state index in [0.717, 1.165) is 35.7 Å². The van der Waals surface area contributed by atoms with E-state index in [1.807, 2.05) is 16.8 Å². The largest absolute Gasteiger partial charge is 0.369 e. The van der Waals surface area contributed by atoms with Gasteiger partial charge in [0.2, 0.25) is 0 Å². The van der Waals surface area contributed by atoms with Crippen molar-refractivity contribution in [3.05, 3.63) is 63.1 Å². The number of aryl methyl sites for hydroxylation is 1. The van der Waals surface area contributed by atoms with Crippen LogP contribution in [0.3, 0.4) is 0 Å². The van der Waals surface area contributed by atoms with E-state index in [4.69, 9.17) is 28.3 Å². The summed E-state index contributed by atoms with van der Waals surface area (Å²) in [5.74, 6) is 1.05. The van der Waals surface area contributed by atoms with Crippen molar-refractivity contribution in [2.24, 2.45) is 0 Å². The van der Waals surface area contributed by atoms with E-state index < -0.39 is 0 Å². The highest BCUT2D eigenvalue weighted by Gasteiger charge is 2.25. The molecule has 2 heterocycles. The van der Waals surface area contributed by atoms with Gasteiger partial charge in [-0.15, -0.1) is 0 Å². The van der Waals surface area contributed by atoms with Crippen LogP contribution in [0, 0.1) is 13.8 Å². The van der Waals surface area contributed by atoms with Gasteiger partial charge < -0.3 is 5.32 Å². The number of anilines is 1. The number of rotatable bonds is 2.